The lowest BCUT2D eigenvalue weighted by Gasteiger charge is -2.04. The van der Waals surface area contributed by atoms with Gasteiger partial charge in [0, 0.05) is 35.0 Å². The van der Waals surface area contributed by atoms with E-state index in [1.54, 1.807) is 48.7 Å². The number of carbonyl (C=O) groups excluding carboxylic acids is 1. The van der Waals surface area contributed by atoms with Crippen LogP contribution in [0.15, 0.2) is 60.1 Å². The number of hydrogen-bond donors (Lipinski definition) is 1. The van der Waals surface area contributed by atoms with E-state index in [0.29, 0.717) is 39.7 Å². The number of anilines is 1. The van der Waals surface area contributed by atoms with Gasteiger partial charge in [-0.2, -0.15) is 5.26 Å². The largest absolute Gasteiger partial charge is 0.462 e. The zero-order valence-electron chi connectivity index (χ0n) is 15.9. The Kier molecular flexibility index (Phi) is 6.52. The van der Waals surface area contributed by atoms with Crippen molar-refractivity contribution in [1.82, 2.24) is 4.98 Å². The normalized spacial score (nSPS) is 10.9. The van der Waals surface area contributed by atoms with Crippen molar-refractivity contribution in [1.29, 1.82) is 5.26 Å². The molecule has 3 aromatic rings. The topological polar surface area (TPSA) is 118 Å². The van der Waals surface area contributed by atoms with E-state index in [-0.39, 0.29) is 5.69 Å². The highest BCUT2D eigenvalue weighted by Crippen LogP contribution is 2.28. The summed E-state index contributed by atoms with van der Waals surface area (Å²) in [6, 6.07) is 14.9. The molecule has 0 aliphatic carbocycles. The van der Waals surface area contributed by atoms with Gasteiger partial charge in [-0.25, -0.2) is 9.78 Å². The molecule has 0 aliphatic rings. The van der Waals surface area contributed by atoms with E-state index in [4.69, 9.17) is 4.74 Å². The summed E-state index contributed by atoms with van der Waals surface area (Å²) in [7, 11) is 0. The number of non-ortho nitro benzene ring substituents is 1. The number of allylic oxidation sites excluding steroid dienone is 1. The van der Waals surface area contributed by atoms with Gasteiger partial charge in [0.1, 0.15) is 16.6 Å². The van der Waals surface area contributed by atoms with Crippen molar-refractivity contribution in [3.05, 3.63) is 80.8 Å². The van der Waals surface area contributed by atoms with Crippen molar-refractivity contribution in [2.45, 2.75) is 6.92 Å². The van der Waals surface area contributed by atoms with Crippen LogP contribution in [0.3, 0.4) is 0 Å². The van der Waals surface area contributed by atoms with Gasteiger partial charge in [-0.15, -0.1) is 11.3 Å². The number of rotatable bonds is 7. The maximum absolute atomic E-state index is 11.7. The molecule has 0 radical (unpaired) electrons. The first-order chi connectivity index (χ1) is 14.5. The van der Waals surface area contributed by atoms with Crippen LogP contribution in [0.1, 0.15) is 22.3 Å². The van der Waals surface area contributed by atoms with Gasteiger partial charge >= 0.3 is 5.97 Å². The molecule has 1 N–H and O–H groups in total. The second-order valence-electron chi connectivity index (χ2n) is 5.96. The van der Waals surface area contributed by atoms with Gasteiger partial charge in [0.05, 0.1) is 22.8 Å². The SMILES string of the molecule is CCOC(=O)c1ccc(N/C=C(/C#N)c2nc(-c3cccc([N+](=O)[O-])c3)cs2)cc1. The predicted octanol–water partition coefficient (Wildman–Crippen LogP) is 4.87. The van der Waals surface area contributed by atoms with E-state index in [1.807, 2.05) is 0 Å². The van der Waals surface area contributed by atoms with Crippen LogP contribution in [0, 0.1) is 21.4 Å². The van der Waals surface area contributed by atoms with Crippen LogP contribution in [0.2, 0.25) is 0 Å². The molecule has 9 heteroatoms. The number of nitrogens with one attached hydrogen (secondary N) is 1. The van der Waals surface area contributed by atoms with Gasteiger partial charge in [-0.05, 0) is 31.2 Å². The van der Waals surface area contributed by atoms with Crippen molar-refractivity contribution >= 4 is 34.3 Å². The number of thiazole rings is 1. The molecule has 0 spiro atoms. The van der Waals surface area contributed by atoms with E-state index in [0.717, 1.165) is 0 Å². The Labute approximate surface area is 176 Å². The van der Waals surface area contributed by atoms with Gasteiger partial charge in [0.15, 0.2) is 0 Å². The van der Waals surface area contributed by atoms with Gasteiger partial charge in [-0.1, -0.05) is 12.1 Å². The molecule has 1 heterocycles. The van der Waals surface area contributed by atoms with Crippen molar-refractivity contribution < 1.29 is 14.5 Å². The number of aromatic nitrogens is 1. The summed E-state index contributed by atoms with van der Waals surface area (Å²) in [5.74, 6) is -0.395. The number of nitro benzene ring substituents is 1. The lowest BCUT2D eigenvalue weighted by atomic mass is 10.1. The van der Waals surface area contributed by atoms with E-state index in [1.165, 1.54) is 29.7 Å². The number of carbonyl (C=O) groups is 1. The highest BCUT2D eigenvalue weighted by Gasteiger charge is 2.12. The molecule has 150 valence electrons. The summed E-state index contributed by atoms with van der Waals surface area (Å²) in [5.41, 5.74) is 2.57. The second kappa shape index (κ2) is 9.45. The maximum Gasteiger partial charge on any atom is 0.338 e. The highest BCUT2D eigenvalue weighted by atomic mass is 32.1. The summed E-state index contributed by atoms with van der Waals surface area (Å²) in [4.78, 5) is 26.6. The molecule has 8 nitrogen and oxygen atoms in total. The number of esters is 1. The molecule has 0 bridgehead atoms. The summed E-state index contributed by atoms with van der Waals surface area (Å²) in [5, 5.41) is 25.7. The molecule has 3 rings (SSSR count). The van der Waals surface area contributed by atoms with Gasteiger partial charge in [-0.3, -0.25) is 10.1 Å². The van der Waals surface area contributed by atoms with Gasteiger partial charge in [0.25, 0.3) is 5.69 Å². The molecule has 0 fully saturated rings. The fourth-order valence-electron chi connectivity index (χ4n) is 2.52. The fraction of sp³-hybridized carbons (Fsp3) is 0.0952. The minimum Gasteiger partial charge on any atom is -0.462 e. The molecule has 0 aliphatic heterocycles. The van der Waals surface area contributed by atoms with Gasteiger partial charge < -0.3 is 10.1 Å². The molecule has 0 saturated heterocycles. The highest BCUT2D eigenvalue weighted by molar-refractivity contribution is 7.11. The predicted molar refractivity (Wildman–Crippen MR) is 114 cm³/mol. The third kappa shape index (κ3) is 4.87. The number of ether oxygens (including phenoxy) is 1. The van der Waals surface area contributed by atoms with Crippen molar-refractivity contribution in [3.63, 3.8) is 0 Å². The van der Waals surface area contributed by atoms with E-state index in [9.17, 15) is 20.2 Å². The summed E-state index contributed by atoms with van der Waals surface area (Å²) < 4.78 is 4.94. The third-order valence-corrected chi connectivity index (χ3v) is 4.86. The summed E-state index contributed by atoms with van der Waals surface area (Å²) in [6.45, 7) is 2.05. The zero-order valence-corrected chi connectivity index (χ0v) is 16.7. The van der Waals surface area contributed by atoms with Crippen LogP contribution in [-0.4, -0.2) is 22.5 Å². The average Bonchev–Trinajstić information content (AvgIpc) is 3.25. The molecular weight excluding hydrogens is 404 g/mol. The summed E-state index contributed by atoms with van der Waals surface area (Å²) in [6.07, 6.45) is 1.52. The van der Waals surface area contributed by atoms with E-state index in [2.05, 4.69) is 16.4 Å². The Balaban J connectivity index is 1.76. The van der Waals surface area contributed by atoms with Crippen LogP contribution >= 0.6 is 11.3 Å². The number of nitriles is 1. The molecule has 2 aromatic carbocycles. The molecule has 0 unspecified atom stereocenters. The van der Waals surface area contributed by atoms with Crippen molar-refractivity contribution in [2.24, 2.45) is 0 Å². The van der Waals surface area contributed by atoms with Crippen molar-refractivity contribution in [3.8, 4) is 17.3 Å². The Morgan fingerprint density at radius 3 is 2.77 bits per heavy atom. The first kappa shape index (κ1) is 20.7. The Hall–Kier alpha value is -4.03. The maximum atomic E-state index is 11.7. The monoisotopic (exact) mass is 420 g/mol. The summed E-state index contributed by atoms with van der Waals surface area (Å²) >= 11 is 1.27. The zero-order chi connectivity index (χ0) is 21.5. The minimum absolute atomic E-state index is 0.0222. The smallest absolute Gasteiger partial charge is 0.338 e. The Morgan fingerprint density at radius 2 is 2.10 bits per heavy atom. The van der Waals surface area contributed by atoms with Crippen LogP contribution in [0.4, 0.5) is 11.4 Å². The number of hydrogen-bond acceptors (Lipinski definition) is 8. The fourth-order valence-corrected chi connectivity index (χ4v) is 3.32. The molecule has 1 aromatic heterocycles. The Morgan fingerprint density at radius 1 is 1.33 bits per heavy atom. The Bertz CT molecular complexity index is 1150. The second-order valence-corrected chi connectivity index (χ2v) is 6.82. The number of nitro groups is 1. The molecule has 0 saturated carbocycles. The first-order valence-electron chi connectivity index (χ1n) is 8.86. The van der Waals surface area contributed by atoms with Gasteiger partial charge in [0.2, 0.25) is 0 Å². The number of nitrogens with zero attached hydrogens (tertiary/aromatic N) is 3. The third-order valence-electron chi connectivity index (χ3n) is 3.99. The lowest BCUT2D eigenvalue weighted by molar-refractivity contribution is -0.384. The molecule has 0 amide bonds. The minimum atomic E-state index is -0.464. The van der Waals surface area contributed by atoms with Crippen LogP contribution in [0.25, 0.3) is 16.8 Å². The van der Waals surface area contributed by atoms with E-state index >= 15 is 0 Å². The van der Waals surface area contributed by atoms with E-state index < -0.39 is 10.9 Å². The molecule has 0 atom stereocenters. The van der Waals surface area contributed by atoms with Crippen molar-refractivity contribution in [2.75, 3.05) is 11.9 Å². The first-order valence-corrected chi connectivity index (χ1v) is 9.74. The standard InChI is InChI=1S/C21H16N4O4S/c1-2-29-21(26)14-6-8-17(9-7-14)23-12-16(11-22)20-24-19(13-30-20)15-4-3-5-18(10-15)25(27)28/h3-10,12-13,23H,2H2,1H3/b16-12-. The van der Waals surface area contributed by atoms with Crippen LogP contribution < -0.4 is 5.32 Å². The van der Waals surface area contributed by atoms with Crippen LogP contribution in [0.5, 0.6) is 0 Å². The average molecular weight is 420 g/mol. The lowest BCUT2D eigenvalue weighted by Crippen LogP contribution is -2.04. The quantitative estimate of drug-likeness (QED) is 0.251. The molecular formula is C21H16N4O4S. The van der Waals surface area contributed by atoms with Crippen LogP contribution in [-0.2, 0) is 4.74 Å². The number of benzene rings is 2. The molecule has 30 heavy (non-hydrogen) atoms.